The van der Waals surface area contributed by atoms with Crippen molar-refractivity contribution in [3.05, 3.63) is 167 Å². The van der Waals surface area contributed by atoms with Crippen LogP contribution < -0.4 is 9.80 Å². The van der Waals surface area contributed by atoms with Gasteiger partial charge < -0.3 is 9.80 Å². The van der Waals surface area contributed by atoms with E-state index >= 15 is 0 Å². The molecule has 2 heteroatoms. The summed E-state index contributed by atoms with van der Waals surface area (Å²) in [6, 6.07) is 51.2. The molecule has 0 saturated heterocycles. The van der Waals surface area contributed by atoms with E-state index in [4.69, 9.17) is 0 Å². The summed E-state index contributed by atoms with van der Waals surface area (Å²) in [5.41, 5.74) is 14.8. The third-order valence-corrected chi connectivity index (χ3v) is 11.9. The smallest absolute Gasteiger partial charge is 0.0620 e. The molecule has 0 aliphatic carbocycles. The molecule has 0 saturated carbocycles. The zero-order valence-electron chi connectivity index (χ0n) is 37.3. The molecule has 7 aromatic carbocycles. The lowest BCUT2D eigenvalue weighted by Crippen LogP contribution is -2.17. The molecular formula is C56H64N2. The van der Waals surface area contributed by atoms with Crippen LogP contribution in [-0.4, -0.2) is 0 Å². The van der Waals surface area contributed by atoms with E-state index in [-0.39, 0.29) is 10.8 Å². The standard InChI is InChI=1S/C56H64N2/c1-36(2)40-19-15-23-46(31-40)57(45-22-14-18-39(7)30-45)53-49-28-26-44(56(11,12)13)35-52(49)54(50-29-27-43(34-51(50)53)55(8,9)10)58(47-24-16-20-41(32-47)37(3)4)48-25-17-21-42(33-48)38(5)6/h14-38H,1-13H3. The van der Waals surface area contributed by atoms with E-state index in [9.17, 15) is 0 Å². The van der Waals surface area contributed by atoms with Gasteiger partial charge in [0.15, 0.2) is 0 Å². The van der Waals surface area contributed by atoms with Crippen LogP contribution in [0.3, 0.4) is 0 Å². The third-order valence-electron chi connectivity index (χ3n) is 11.9. The first-order valence-corrected chi connectivity index (χ1v) is 21.4. The monoisotopic (exact) mass is 765 g/mol. The summed E-state index contributed by atoms with van der Waals surface area (Å²) in [6.45, 7) is 29.9. The highest BCUT2D eigenvalue weighted by atomic mass is 15.2. The molecule has 0 heterocycles. The number of benzene rings is 7. The van der Waals surface area contributed by atoms with Crippen molar-refractivity contribution >= 4 is 55.7 Å². The van der Waals surface area contributed by atoms with Gasteiger partial charge in [-0.2, -0.15) is 0 Å². The highest BCUT2D eigenvalue weighted by molar-refractivity contribution is 6.23. The number of anilines is 6. The van der Waals surface area contributed by atoms with E-state index < -0.39 is 0 Å². The molecule has 0 bridgehead atoms. The summed E-state index contributed by atoms with van der Waals surface area (Å²) in [7, 11) is 0. The fraction of sp³-hybridized carbons (Fsp3) is 0.321. The average Bonchev–Trinajstić information content (AvgIpc) is 3.18. The Morgan fingerprint density at radius 1 is 0.362 bits per heavy atom. The molecule has 0 unspecified atom stereocenters. The van der Waals surface area contributed by atoms with E-state index in [0.717, 1.165) is 5.69 Å². The summed E-state index contributed by atoms with van der Waals surface area (Å²) < 4.78 is 0. The second-order valence-corrected chi connectivity index (χ2v) is 19.5. The SMILES string of the molecule is Cc1cccc(N(c2cccc(C(C)C)c2)c2c3ccc(C(C)(C)C)cc3c(N(c3cccc(C(C)C)c3)c3cccc(C(C)C)c3)c3ccc(C(C)(C)C)cc23)c1. The normalized spacial score (nSPS) is 12.3. The maximum Gasteiger partial charge on any atom is 0.0620 e. The first-order chi connectivity index (χ1) is 27.4. The van der Waals surface area contributed by atoms with Crippen LogP contribution in [0.25, 0.3) is 21.5 Å². The summed E-state index contributed by atoms with van der Waals surface area (Å²) in [5, 5.41) is 4.92. The molecule has 0 aromatic heterocycles. The van der Waals surface area contributed by atoms with Crippen LogP contribution in [0.5, 0.6) is 0 Å². The van der Waals surface area contributed by atoms with Crippen molar-refractivity contribution in [2.45, 2.75) is 119 Å². The van der Waals surface area contributed by atoms with Crippen LogP contribution in [0.1, 0.15) is 134 Å². The van der Waals surface area contributed by atoms with Crippen molar-refractivity contribution in [2.24, 2.45) is 0 Å². The van der Waals surface area contributed by atoms with Crippen LogP contribution in [0.15, 0.2) is 133 Å². The van der Waals surface area contributed by atoms with Gasteiger partial charge in [-0.1, -0.05) is 156 Å². The molecule has 0 atom stereocenters. The Hall–Kier alpha value is -5.34. The first kappa shape index (κ1) is 40.8. The fourth-order valence-corrected chi connectivity index (χ4v) is 8.25. The molecule has 0 amide bonds. The number of rotatable bonds is 9. The molecule has 0 aliphatic rings. The largest absolute Gasteiger partial charge is 0.309 e. The first-order valence-electron chi connectivity index (χ1n) is 21.4. The molecular weight excluding hydrogens is 701 g/mol. The minimum atomic E-state index is -0.0571. The molecule has 0 N–H and O–H groups in total. The molecule has 7 aromatic rings. The maximum absolute atomic E-state index is 2.56. The van der Waals surface area contributed by atoms with Gasteiger partial charge in [0.1, 0.15) is 0 Å². The van der Waals surface area contributed by atoms with E-state index in [0.29, 0.717) is 17.8 Å². The molecule has 7 rings (SSSR count). The second kappa shape index (κ2) is 15.8. The van der Waals surface area contributed by atoms with Crippen molar-refractivity contribution in [3.63, 3.8) is 0 Å². The van der Waals surface area contributed by atoms with Crippen molar-refractivity contribution in [1.29, 1.82) is 0 Å². The molecule has 2 nitrogen and oxygen atoms in total. The van der Waals surface area contributed by atoms with Gasteiger partial charge >= 0.3 is 0 Å². The van der Waals surface area contributed by atoms with Crippen molar-refractivity contribution < 1.29 is 0 Å². The van der Waals surface area contributed by atoms with Crippen molar-refractivity contribution in [3.8, 4) is 0 Å². The van der Waals surface area contributed by atoms with Crippen molar-refractivity contribution in [1.82, 2.24) is 0 Å². The fourth-order valence-electron chi connectivity index (χ4n) is 8.25. The number of hydrogen-bond acceptors (Lipinski definition) is 2. The summed E-state index contributed by atoms with van der Waals surface area (Å²) >= 11 is 0. The maximum atomic E-state index is 2.56. The molecule has 58 heavy (non-hydrogen) atoms. The van der Waals surface area contributed by atoms with Gasteiger partial charge in [0.2, 0.25) is 0 Å². The van der Waals surface area contributed by atoms with Gasteiger partial charge in [-0.15, -0.1) is 0 Å². The quantitative estimate of drug-likeness (QED) is 0.107. The summed E-state index contributed by atoms with van der Waals surface area (Å²) in [5.74, 6) is 1.19. The lowest BCUT2D eigenvalue weighted by molar-refractivity contribution is 0.590. The average molecular weight is 765 g/mol. The Morgan fingerprint density at radius 3 is 1.00 bits per heavy atom. The Morgan fingerprint density at radius 2 is 0.690 bits per heavy atom. The van der Waals surface area contributed by atoms with Crippen LogP contribution >= 0.6 is 0 Å². The zero-order valence-corrected chi connectivity index (χ0v) is 37.3. The van der Waals surface area contributed by atoms with Gasteiger partial charge in [0, 0.05) is 44.3 Å². The van der Waals surface area contributed by atoms with E-state index in [2.05, 4.69) is 233 Å². The topological polar surface area (TPSA) is 6.48 Å². The highest BCUT2D eigenvalue weighted by Crippen LogP contribution is 2.53. The van der Waals surface area contributed by atoms with Gasteiger partial charge in [-0.05, 0) is 130 Å². The molecule has 0 fully saturated rings. The minimum Gasteiger partial charge on any atom is -0.309 e. The van der Waals surface area contributed by atoms with E-state index in [1.165, 1.54) is 83.4 Å². The van der Waals surface area contributed by atoms with Gasteiger partial charge in [0.25, 0.3) is 0 Å². The Bertz CT molecular complexity index is 2540. The van der Waals surface area contributed by atoms with Gasteiger partial charge in [-0.3, -0.25) is 0 Å². The number of hydrogen-bond donors (Lipinski definition) is 0. The predicted octanol–water partition coefficient (Wildman–Crippen LogP) is 17.2. The second-order valence-electron chi connectivity index (χ2n) is 19.5. The summed E-state index contributed by atoms with van der Waals surface area (Å²) in [4.78, 5) is 5.10. The molecule has 0 radical (unpaired) electrons. The zero-order chi connectivity index (χ0) is 41.7. The Balaban J connectivity index is 1.73. The highest BCUT2D eigenvalue weighted by Gasteiger charge is 2.29. The Kier molecular flexibility index (Phi) is 11.1. The van der Waals surface area contributed by atoms with Crippen LogP contribution in [0.2, 0.25) is 0 Å². The summed E-state index contributed by atoms with van der Waals surface area (Å²) in [6.07, 6.45) is 0. The van der Waals surface area contributed by atoms with Crippen LogP contribution in [0.4, 0.5) is 34.1 Å². The molecule has 0 spiro atoms. The Labute approximate surface area is 349 Å². The minimum absolute atomic E-state index is 0.0563. The van der Waals surface area contributed by atoms with E-state index in [1.807, 2.05) is 0 Å². The van der Waals surface area contributed by atoms with Gasteiger partial charge in [-0.25, -0.2) is 0 Å². The third kappa shape index (κ3) is 8.04. The van der Waals surface area contributed by atoms with Crippen molar-refractivity contribution in [2.75, 3.05) is 9.80 Å². The van der Waals surface area contributed by atoms with Crippen LogP contribution in [-0.2, 0) is 10.8 Å². The molecule has 298 valence electrons. The van der Waals surface area contributed by atoms with Crippen LogP contribution in [0, 0.1) is 6.92 Å². The van der Waals surface area contributed by atoms with Gasteiger partial charge in [0.05, 0.1) is 11.4 Å². The lowest BCUT2D eigenvalue weighted by atomic mass is 9.82. The van der Waals surface area contributed by atoms with E-state index in [1.54, 1.807) is 0 Å². The number of fused-ring (bicyclic) bond motifs is 2. The lowest BCUT2D eigenvalue weighted by Gasteiger charge is -2.34. The molecule has 0 aliphatic heterocycles. The predicted molar refractivity (Wildman–Crippen MR) is 255 cm³/mol. The number of nitrogens with zero attached hydrogens (tertiary/aromatic N) is 2. The number of aryl methyl sites for hydroxylation is 1.